The maximum atomic E-state index is 5.79. The van der Waals surface area contributed by atoms with Gasteiger partial charge >= 0.3 is 0 Å². The number of para-hydroxylation sites is 1. The number of fused-ring (bicyclic) bond motifs is 1. The molecule has 4 N–H and O–H groups in total. The highest BCUT2D eigenvalue weighted by molar-refractivity contribution is 9.10. The van der Waals surface area contributed by atoms with Gasteiger partial charge in [0.05, 0.1) is 4.47 Å². The Bertz CT molecular complexity index is 393. The van der Waals surface area contributed by atoms with E-state index < -0.39 is 0 Å². The number of nitrogens with zero attached hydrogens (tertiary/aromatic N) is 2. The van der Waals surface area contributed by atoms with Crippen molar-refractivity contribution in [1.82, 2.24) is 0 Å². The van der Waals surface area contributed by atoms with E-state index >= 15 is 0 Å². The summed E-state index contributed by atoms with van der Waals surface area (Å²) in [5.74, 6) is 12.2. The number of halogens is 1. The molecule has 5 nitrogen and oxygen atoms in total. The molecule has 0 unspecified atom stereocenters. The van der Waals surface area contributed by atoms with Crippen LogP contribution in [0.25, 0.3) is 0 Å². The second kappa shape index (κ2) is 3.47. The molecule has 0 atom stereocenters. The van der Waals surface area contributed by atoms with Crippen LogP contribution in [0.15, 0.2) is 27.8 Å². The Hall–Kier alpha value is -1.27. The summed E-state index contributed by atoms with van der Waals surface area (Å²) in [6.45, 7) is 0.280. The Balaban J connectivity index is 2.51. The molecule has 2 rings (SSSR count). The van der Waals surface area contributed by atoms with Crippen LogP contribution in [0.2, 0.25) is 0 Å². The van der Waals surface area contributed by atoms with Crippen molar-refractivity contribution in [3.8, 4) is 5.75 Å². The van der Waals surface area contributed by atoms with Crippen molar-refractivity contribution in [2.24, 2.45) is 16.8 Å². The molecule has 14 heavy (non-hydrogen) atoms. The highest BCUT2D eigenvalue weighted by Gasteiger charge is 2.22. The number of hydrogen-bond donors (Lipinski definition) is 2. The van der Waals surface area contributed by atoms with E-state index in [0.29, 0.717) is 11.6 Å². The molecular formula is C8H9BrN4O. The van der Waals surface area contributed by atoms with Gasteiger partial charge in [0.15, 0.2) is 11.6 Å². The Labute approximate surface area is 89.4 Å². The van der Waals surface area contributed by atoms with E-state index in [2.05, 4.69) is 21.0 Å². The van der Waals surface area contributed by atoms with Crippen molar-refractivity contribution in [2.75, 3.05) is 11.6 Å². The van der Waals surface area contributed by atoms with Gasteiger partial charge in [-0.25, -0.2) is 5.84 Å². The van der Waals surface area contributed by atoms with E-state index in [9.17, 15) is 0 Å². The van der Waals surface area contributed by atoms with Crippen molar-refractivity contribution in [3.63, 3.8) is 0 Å². The minimum atomic E-state index is 0.280. The third-order valence-corrected chi connectivity index (χ3v) is 2.60. The quantitative estimate of drug-likeness (QED) is 0.532. The van der Waals surface area contributed by atoms with E-state index in [1.54, 1.807) is 0 Å². The summed E-state index contributed by atoms with van der Waals surface area (Å²) in [6, 6.07) is 5.59. The highest BCUT2D eigenvalue weighted by atomic mass is 79.9. The fourth-order valence-corrected chi connectivity index (χ4v) is 1.75. The monoisotopic (exact) mass is 256 g/mol. The SMILES string of the molecule is N/N=C1/COc2c(Br)cccc2N1N. The van der Waals surface area contributed by atoms with Crippen LogP contribution in [0.3, 0.4) is 0 Å². The van der Waals surface area contributed by atoms with Crippen LogP contribution in [0.4, 0.5) is 5.69 Å². The van der Waals surface area contributed by atoms with Crippen LogP contribution in [0, 0.1) is 0 Å². The normalized spacial score (nSPS) is 17.9. The summed E-state index contributed by atoms with van der Waals surface area (Å²) >= 11 is 3.37. The first kappa shape index (κ1) is 9.29. The average Bonchev–Trinajstić information content (AvgIpc) is 2.20. The first-order chi connectivity index (χ1) is 6.74. The van der Waals surface area contributed by atoms with E-state index in [0.717, 1.165) is 10.2 Å². The highest BCUT2D eigenvalue weighted by Crippen LogP contribution is 2.36. The molecule has 1 heterocycles. The summed E-state index contributed by atoms with van der Waals surface area (Å²) < 4.78 is 6.31. The zero-order chi connectivity index (χ0) is 10.1. The molecule has 0 aliphatic carbocycles. The number of benzene rings is 1. The second-order valence-corrected chi connectivity index (χ2v) is 3.65. The van der Waals surface area contributed by atoms with E-state index in [1.165, 1.54) is 5.01 Å². The molecule has 0 fully saturated rings. The molecular weight excluding hydrogens is 248 g/mol. The van der Waals surface area contributed by atoms with Crippen molar-refractivity contribution < 1.29 is 4.74 Å². The van der Waals surface area contributed by atoms with E-state index in [4.69, 9.17) is 16.4 Å². The molecule has 0 spiro atoms. The smallest absolute Gasteiger partial charge is 0.181 e. The molecule has 1 aromatic carbocycles. The third kappa shape index (κ3) is 1.32. The fraction of sp³-hybridized carbons (Fsp3) is 0.125. The van der Waals surface area contributed by atoms with Gasteiger partial charge in [0.25, 0.3) is 0 Å². The summed E-state index contributed by atoms with van der Waals surface area (Å²) in [7, 11) is 0. The lowest BCUT2D eigenvalue weighted by Gasteiger charge is -2.28. The standard InChI is InChI=1S/C8H9BrN4O/c9-5-2-1-3-6-8(5)14-4-7(12-10)13(6)11/h1-3H,4,10-11H2/b12-7-. The maximum Gasteiger partial charge on any atom is 0.181 e. The number of ether oxygens (including phenoxy) is 1. The number of amidine groups is 1. The minimum Gasteiger partial charge on any atom is -0.482 e. The van der Waals surface area contributed by atoms with Crippen molar-refractivity contribution in [3.05, 3.63) is 22.7 Å². The van der Waals surface area contributed by atoms with Gasteiger partial charge in [0.1, 0.15) is 12.3 Å². The van der Waals surface area contributed by atoms with Gasteiger partial charge in [0.2, 0.25) is 0 Å². The van der Waals surface area contributed by atoms with Crippen LogP contribution in [-0.2, 0) is 0 Å². The Kier molecular flexibility index (Phi) is 2.30. The molecule has 0 saturated carbocycles. The molecule has 0 aromatic heterocycles. The summed E-state index contributed by atoms with van der Waals surface area (Å²) in [5.41, 5.74) is 0.745. The first-order valence-electron chi connectivity index (χ1n) is 3.97. The molecule has 0 bridgehead atoms. The largest absolute Gasteiger partial charge is 0.482 e. The number of anilines is 1. The number of hydrazone groups is 1. The van der Waals surface area contributed by atoms with Crippen molar-refractivity contribution in [2.45, 2.75) is 0 Å². The minimum absolute atomic E-state index is 0.280. The predicted molar refractivity (Wildman–Crippen MR) is 57.9 cm³/mol. The molecule has 1 aliphatic heterocycles. The fourth-order valence-electron chi connectivity index (χ4n) is 1.27. The van der Waals surface area contributed by atoms with Gasteiger partial charge < -0.3 is 10.6 Å². The Morgan fingerprint density at radius 2 is 2.29 bits per heavy atom. The molecule has 1 aliphatic rings. The zero-order valence-corrected chi connectivity index (χ0v) is 8.86. The van der Waals surface area contributed by atoms with Crippen molar-refractivity contribution in [1.29, 1.82) is 0 Å². The molecule has 6 heteroatoms. The van der Waals surface area contributed by atoms with Gasteiger partial charge in [-0.15, -0.1) is 0 Å². The molecule has 74 valence electrons. The van der Waals surface area contributed by atoms with Crippen LogP contribution < -0.4 is 21.4 Å². The number of nitrogens with two attached hydrogens (primary N) is 2. The third-order valence-electron chi connectivity index (χ3n) is 1.98. The number of hydrogen-bond acceptors (Lipinski definition) is 4. The molecule has 1 aromatic rings. The van der Waals surface area contributed by atoms with Gasteiger partial charge in [0, 0.05) is 0 Å². The van der Waals surface area contributed by atoms with E-state index in [1.807, 2.05) is 18.2 Å². The topological polar surface area (TPSA) is 76.9 Å². The van der Waals surface area contributed by atoms with Crippen molar-refractivity contribution >= 4 is 27.5 Å². The van der Waals surface area contributed by atoms with Crippen LogP contribution >= 0.6 is 15.9 Å². The average molecular weight is 257 g/mol. The number of hydrazine groups is 1. The second-order valence-electron chi connectivity index (χ2n) is 2.79. The van der Waals surface area contributed by atoms with Gasteiger partial charge in [-0.1, -0.05) is 6.07 Å². The van der Waals surface area contributed by atoms with Gasteiger partial charge in [-0.3, -0.25) is 5.01 Å². The Morgan fingerprint density at radius 1 is 1.50 bits per heavy atom. The zero-order valence-electron chi connectivity index (χ0n) is 7.27. The Morgan fingerprint density at radius 3 is 3.00 bits per heavy atom. The predicted octanol–water partition coefficient (Wildman–Crippen LogP) is 0.794. The lowest BCUT2D eigenvalue weighted by Crippen LogP contribution is -2.44. The summed E-state index contributed by atoms with van der Waals surface area (Å²) in [5, 5.41) is 4.95. The molecule has 0 saturated heterocycles. The van der Waals surface area contributed by atoms with Gasteiger partial charge in [-0.2, -0.15) is 5.10 Å². The van der Waals surface area contributed by atoms with Crippen LogP contribution in [0.1, 0.15) is 0 Å². The number of rotatable bonds is 0. The molecule has 0 radical (unpaired) electrons. The maximum absolute atomic E-state index is 5.79. The van der Waals surface area contributed by atoms with Crippen LogP contribution in [-0.4, -0.2) is 12.4 Å². The van der Waals surface area contributed by atoms with Crippen LogP contribution in [0.5, 0.6) is 5.75 Å². The summed E-state index contributed by atoms with van der Waals surface area (Å²) in [6.07, 6.45) is 0. The summed E-state index contributed by atoms with van der Waals surface area (Å²) in [4.78, 5) is 0. The van der Waals surface area contributed by atoms with Gasteiger partial charge in [-0.05, 0) is 28.1 Å². The lowest BCUT2D eigenvalue weighted by molar-refractivity contribution is 0.363. The first-order valence-corrected chi connectivity index (χ1v) is 4.76. The van der Waals surface area contributed by atoms with E-state index in [-0.39, 0.29) is 6.61 Å². The lowest BCUT2D eigenvalue weighted by atomic mass is 10.2. The molecule has 0 amide bonds.